The van der Waals surface area contributed by atoms with Crippen molar-refractivity contribution in [3.8, 4) is 5.75 Å². The van der Waals surface area contributed by atoms with Gasteiger partial charge in [-0.05, 0) is 45.1 Å². The number of nitrogens with two attached hydrogens (primary N) is 1. The van der Waals surface area contributed by atoms with E-state index in [-0.39, 0.29) is 6.04 Å². The second-order valence-corrected chi connectivity index (χ2v) is 4.48. The van der Waals surface area contributed by atoms with Crippen LogP contribution >= 0.6 is 0 Å². The van der Waals surface area contributed by atoms with Crippen LogP contribution < -0.4 is 10.5 Å². The zero-order valence-electron chi connectivity index (χ0n) is 10.4. The zero-order valence-corrected chi connectivity index (χ0v) is 10.4. The molecule has 0 aliphatic carbocycles. The van der Waals surface area contributed by atoms with Crippen molar-refractivity contribution in [2.75, 3.05) is 27.2 Å². The first-order valence-corrected chi connectivity index (χ1v) is 5.70. The highest BCUT2D eigenvalue weighted by atomic mass is 16.5. The maximum atomic E-state index is 5.74. The highest BCUT2D eigenvalue weighted by Crippen LogP contribution is 2.13. The Labute approximate surface area is 98.2 Å². The fourth-order valence-corrected chi connectivity index (χ4v) is 1.44. The van der Waals surface area contributed by atoms with Crippen LogP contribution in [-0.2, 0) is 6.42 Å². The van der Waals surface area contributed by atoms with Crippen molar-refractivity contribution >= 4 is 0 Å². The molecule has 1 aromatic rings. The fraction of sp³-hybridized carbons (Fsp3) is 0.538. The van der Waals surface area contributed by atoms with E-state index in [4.69, 9.17) is 10.5 Å². The lowest BCUT2D eigenvalue weighted by Crippen LogP contribution is -2.19. The second kappa shape index (κ2) is 6.51. The zero-order chi connectivity index (χ0) is 12.0. The van der Waals surface area contributed by atoms with Gasteiger partial charge in [0.2, 0.25) is 0 Å². The van der Waals surface area contributed by atoms with Gasteiger partial charge in [0.05, 0.1) is 0 Å². The Kier molecular flexibility index (Phi) is 5.29. The molecule has 0 radical (unpaired) electrons. The number of hydrogen-bond acceptors (Lipinski definition) is 3. The van der Waals surface area contributed by atoms with Crippen molar-refractivity contribution in [2.45, 2.75) is 19.4 Å². The van der Waals surface area contributed by atoms with Crippen molar-refractivity contribution in [2.24, 2.45) is 5.73 Å². The SMILES string of the molecule is CC(N)Cc1ccc(OCCN(C)C)cc1. The molecule has 1 unspecified atom stereocenters. The molecule has 0 saturated carbocycles. The van der Waals surface area contributed by atoms with Gasteiger partial charge in [0.1, 0.15) is 12.4 Å². The summed E-state index contributed by atoms with van der Waals surface area (Å²) in [5.74, 6) is 0.926. The average Bonchev–Trinajstić information content (AvgIpc) is 2.19. The van der Waals surface area contributed by atoms with Gasteiger partial charge >= 0.3 is 0 Å². The molecule has 1 aromatic carbocycles. The summed E-state index contributed by atoms with van der Waals surface area (Å²) in [6, 6.07) is 8.38. The van der Waals surface area contributed by atoms with Crippen molar-refractivity contribution in [3.63, 3.8) is 0 Å². The summed E-state index contributed by atoms with van der Waals surface area (Å²) in [6.45, 7) is 3.67. The van der Waals surface area contributed by atoms with Gasteiger partial charge in [0, 0.05) is 12.6 Å². The van der Waals surface area contributed by atoms with E-state index in [1.807, 2.05) is 33.2 Å². The molecule has 3 heteroatoms. The predicted octanol–water partition coefficient (Wildman–Crippen LogP) is 1.52. The van der Waals surface area contributed by atoms with E-state index in [9.17, 15) is 0 Å². The van der Waals surface area contributed by atoms with Crippen LogP contribution in [0.2, 0.25) is 0 Å². The van der Waals surface area contributed by atoms with Crippen LogP contribution in [0.1, 0.15) is 12.5 Å². The van der Waals surface area contributed by atoms with Gasteiger partial charge in [-0.15, -0.1) is 0 Å². The van der Waals surface area contributed by atoms with E-state index in [0.717, 1.165) is 25.3 Å². The third-order valence-corrected chi connectivity index (χ3v) is 2.29. The van der Waals surface area contributed by atoms with E-state index in [1.165, 1.54) is 5.56 Å². The smallest absolute Gasteiger partial charge is 0.119 e. The van der Waals surface area contributed by atoms with Crippen LogP contribution in [0.25, 0.3) is 0 Å². The third kappa shape index (κ3) is 5.14. The number of ether oxygens (including phenoxy) is 1. The van der Waals surface area contributed by atoms with E-state index < -0.39 is 0 Å². The van der Waals surface area contributed by atoms with Gasteiger partial charge < -0.3 is 15.4 Å². The molecule has 0 saturated heterocycles. The molecule has 16 heavy (non-hydrogen) atoms. The molecule has 90 valence electrons. The molecule has 0 fully saturated rings. The lowest BCUT2D eigenvalue weighted by Gasteiger charge is -2.11. The van der Waals surface area contributed by atoms with E-state index in [2.05, 4.69) is 17.0 Å². The van der Waals surface area contributed by atoms with E-state index in [1.54, 1.807) is 0 Å². The molecule has 0 bridgehead atoms. The molecule has 0 aromatic heterocycles. The van der Waals surface area contributed by atoms with Crippen LogP contribution in [0.5, 0.6) is 5.75 Å². The quantitative estimate of drug-likeness (QED) is 0.793. The third-order valence-electron chi connectivity index (χ3n) is 2.29. The largest absolute Gasteiger partial charge is 0.492 e. The summed E-state index contributed by atoms with van der Waals surface area (Å²) in [6.07, 6.45) is 0.915. The molecule has 0 aliphatic rings. The molecule has 3 nitrogen and oxygen atoms in total. The second-order valence-electron chi connectivity index (χ2n) is 4.48. The Hall–Kier alpha value is -1.06. The van der Waals surface area contributed by atoms with Crippen molar-refractivity contribution in [1.82, 2.24) is 4.90 Å². The Balaban J connectivity index is 2.39. The number of likely N-dealkylation sites (N-methyl/N-ethyl adjacent to an activating group) is 1. The minimum atomic E-state index is 0.209. The number of nitrogens with zero attached hydrogens (tertiary/aromatic N) is 1. The first kappa shape index (κ1) is 13.0. The molecule has 1 rings (SSSR count). The van der Waals surface area contributed by atoms with Gasteiger partial charge in [0.25, 0.3) is 0 Å². The molecule has 0 spiro atoms. The summed E-state index contributed by atoms with van der Waals surface area (Å²) in [5, 5.41) is 0. The van der Waals surface area contributed by atoms with Gasteiger partial charge in [-0.1, -0.05) is 12.1 Å². The van der Waals surface area contributed by atoms with Crippen LogP contribution in [0.3, 0.4) is 0 Å². The van der Waals surface area contributed by atoms with Crippen molar-refractivity contribution < 1.29 is 4.74 Å². The first-order valence-electron chi connectivity index (χ1n) is 5.70. The normalized spacial score (nSPS) is 12.8. The summed E-state index contributed by atoms with van der Waals surface area (Å²) < 4.78 is 5.60. The summed E-state index contributed by atoms with van der Waals surface area (Å²) >= 11 is 0. The minimum absolute atomic E-state index is 0.209. The first-order chi connectivity index (χ1) is 7.58. The Bertz CT molecular complexity index is 293. The van der Waals surface area contributed by atoms with E-state index >= 15 is 0 Å². The van der Waals surface area contributed by atoms with Crippen molar-refractivity contribution in [3.05, 3.63) is 29.8 Å². The highest BCUT2D eigenvalue weighted by Gasteiger charge is 1.99. The average molecular weight is 222 g/mol. The summed E-state index contributed by atoms with van der Waals surface area (Å²) in [7, 11) is 4.07. The Morgan fingerprint density at radius 2 is 1.88 bits per heavy atom. The van der Waals surface area contributed by atoms with Crippen LogP contribution in [0, 0.1) is 0 Å². The number of hydrogen-bond donors (Lipinski definition) is 1. The number of benzene rings is 1. The molecule has 2 N–H and O–H groups in total. The predicted molar refractivity (Wildman–Crippen MR) is 67.8 cm³/mol. The summed E-state index contributed by atoms with van der Waals surface area (Å²) in [5.41, 5.74) is 7.00. The summed E-state index contributed by atoms with van der Waals surface area (Å²) in [4.78, 5) is 2.10. The topological polar surface area (TPSA) is 38.5 Å². The molecular weight excluding hydrogens is 200 g/mol. The monoisotopic (exact) mass is 222 g/mol. The van der Waals surface area contributed by atoms with Crippen molar-refractivity contribution in [1.29, 1.82) is 0 Å². The van der Waals surface area contributed by atoms with Crippen LogP contribution in [0.4, 0.5) is 0 Å². The highest BCUT2D eigenvalue weighted by molar-refractivity contribution is 5.27. The Morgan fingerprint density at radius 3 is 2.38 bits per heavy atom. The van der Waals surface area contributed by atoms with Gasteiger partial charge in [-0.25, -0.2) is 0 Å². The molecule has 1 atom stereocenters. The Morgan fingerprint density at radius 1 is 1.25 bits per heavy atom. The lowest BCUT2D eigenvalue weighted by atomic mass is 10.1. The van der Waals surface area contributed by atoms with Crippen LogP contribution in [0.15, 0.2) is 24.3 Å². The standard InChI is InChI=1S/C13H22N2O/c1-11(14)10-12-4-6-13(7-5-12)16-9-8-15(2)3/h4-7,11H,8-10,14H2,1-3H3. The molecule has 0 amide bonds. The molecule has 0 heterocycles. The molecule has 0 aliphatic heterocycles. The fourth-order valence-electron chi connectivity index (χ4n) is 1.44. The van der Waals surface area contributed by atoms with E-state index in [0.29, 0.717) is 0 Å². The van der Waals surface area contributed by atoms with Crippen LogP contribution in [-0.4, -0.2) is 38.2 Å². The number of rotatable bonds is 6. The lowest BCUT2D eigenvalue weighted by molar-refractivity contribution is 0.261. The van der Waals surface area contributed by atoms with Gasteiger partial charge in [0.15, 0.2) is 0 Å². The van der Waals surface area contributed by atoms with Gasteiger partial charge in [-0.2, -0.15) is 0 Å². The van der Waals surface area contributed by atoms with Gasteiger partial charge in [-0.3, -0.25) is 0 Å². The minimum Gasteiger partial charge on any atom is -0.492 e. The maximum absolute atomic E-state index is 5.74. The maximum Gasteiger partial charge on any atom is 0.119 e. The molecular formula is C13H22N2O.